The Labute approximate surface area is 180 Å². The third kappa shape index (κ3) is 9.29. The third-order valence-electron chi connectivity index (χ3n) is 6.33. The number of nitrogens with two attached hydrogens (primary N) is 1. The van der Waals surface area contributed by atoms with Crippen LogP contribution in [0.1, 0.15) is 53.4 Å². The second-order valence-electron chi connectivity index (χ2n) is 10.1. The van der Waals surface area contributed by atoms with E-state index in [0.717, 1.165) is 24.8 Å². The Bertz CT molecular complexity index is 483. The zero-order chi connectivity index (χ0) is 21.1. The number of piperazine rings is 1. The molecule has 0 aromatic rings. The van der Waals surface area contributed by atoms with Crippen LogP contribution < -0.4 is 5.73 Å². The molecule has 1 fully saturated rings. The predicted molar refractivity (Wildman–Crippen MR) is 127 cm³/mol. The normalized spacial score (nSPS) is 23.7. The largest absolute Gasteiger partial charge is 0.330 e. The maximum absolute atomic E-state index is 6.06. The molecule has 0 aromatic heterocycles. The summed E-state index contributed by atoms with van der Waals surface area (Å²) >= 11 is 0. The van der Waals surface area contributed by atoms with Crippen molar-refractivity contribution in [3.05, 3.63) is 12.3 Å². The van der Waals surface area contributed by atoms with Gasteiger partial charge in [0, 0.05) is 63.6 Å². The van der Waals surface area contributed by atoms with Gasteiger partial charge < -0.3 is 20.4 Å². The number of aliphatic imine (C=N–C) groups is 1. The third-order valence-corrected chi connectivity index (χ3v) is 6.33. The smallest absolute Gasteiger partial charge is 0.0230 e. The van der Waals surface area contributed by atoms with Crippen molar-refractivity contribution < 1.29 is 0 Å². The highest BCUT2D eigenvalue weighted by Gasteiger charge is 2.26. The van der Waals surface area contributed by atoms with Gasteiger partial charge in [-0.25, -0.2) is 0 Å². The summed E-state index contributed by atoms with van der Waals surface area (Å²) < 4.78 is 0. The van der Waals surface area contributed by atoms with Crippen molar-refractivity contribution in [1.82, 2.24) is 14.7 Å². The molecule has 2 heterocycles. The van der Waals surface area contributed by atoms with Gasteiger partial charge in [0.2, 0.25) is 0 Å². The minimum absolute atomic E-state index is 0.154. The lowest BCUT2D eigenvalue weighted by molar-refractivity contribution is 0.120. The van der Waals surface area contributed by atoms with Crippen molar-refractivity contribution in [2.45, 2.75) is 53.4 Å². The van der Waals surface area contributed by atoms with E-state index in [-0.39, 0.29) is 5.41 Å². The molecule has 29 heavy (non-hydrogen) atoms. The van der Waals surface area contributed by atoms with Crippen LogP contribution in [0.2, 0.25) is 0 Å². The summed E-state index contributed by atoms with van der Waals surface area (Å²) in [4.78, 5) is 12.2. The summed E-state index contributed by atoms with van der Waals surface area (Å²) in [7, 11) is 0. The SMILES string of the molecule is CC(C)CN(CCCN1CCN(CCCC2(CN)C=CN=CC2)CC1)CC(C)C. The van der Waals surface area contributed by atoms with Gasteiger partial charge >= 0.3 is 0 Å². The highest BCUT2D eigenvalue weighted by Crippen LogP contribution is 2.30. The highest BCUT2D eigenvalue weighted by atomic mass is 15.3. The minimum Gasteiger partial charge on any atom is -0.330 e. The van der Waals surface area contributed by atoms with E-state index in [2.05, 4.69) is 53.5 Å². The second-order valence-corrected chi connectivity index (χ2v) is 10.1. The first-order valence-electron chi connectivity index (χ1n) is 12.0. The molecule has 1 atom stereocenters. The van der Waals surface area contributed by atoms with Crippen molar-refractivity contribution in [2.24, 2.45) is 28.0 Å². The Morgan fingerprint density at radius 3 is 2.03 bits per heavy atom. The van der Waals surface area contributed by atoms with E-state index in [1.54, 1.807) is 0 Å². The minimum atomic E-state index is 0.154. The molecule has 2 rings (SSSR count). The molecule has 5 heteroatoms. The fraction of sp³-hybridized carbons (Fsp3) is 0.875. The monoisotopic (exact) mass is 405 g/mol. The lowest BCUT2D eigenvalue weighted by atomic mass is 9.79. The number of hydrogen-bond acceptors (Lipinski definition) is 5. The van der Waals surface area contributed by atoms with Gasteiger partial charge in [-0.3, -0.25) is 4.99 Å². The average Bonchev–Trinajstić information content (AvgIpc) is 2.69. The first kappa shape index (κ1) is 24.5. The van der Waals surface area contributed by atoms with Gasteiger partial charge in [-0.2, -0.15) is 0 Å². The molecule has 2 aliphatic heterocycles. The van der Waals surface area contributed by atoms with E-state index in [0.29, 0.717) is 0 Å². The van der Waals surface area contributed by atoms with Crippen LogP contribution in [0.5, 0.6) is 0 Å². The van der Waals surface area contributed by atoms with Crippen LogP contribution in [0.15, 0.2) is 17.3 Å². The number of nitrogens with zero attached hydrogens (tertiary/aromatic N) is 4. The standard InChI is InChI=1S/C24H47N5/c1-22(2)19-29(20-23(3)4)14-6-13-28-17-15-27(16-18-28)12-5-7-24(21-25)8-10-26-11-9-24/h8,10-11,22-23H,5-7,9,12-21,25H2,1-4H3. The molecule has 0 spiro atoms. The van der Waals surface area contributed by atoms with E-state index >= 15 is 0 Å². The number of hydrogen-bond donors (Lipinski definition) is 1. The van der Waals surface area contributed by atoms with Crippen LogP contribution in [-0.2, 0) is 0 Å². The first-order valence-corrected chi connectivity index (χ1v) is 12.0. The molecule has 5 nitrogen and oxygen atoms in total. The molecule has 0 radical (unpaired) electrons. The van der Waals surface area contributed by atoms with Crippen LogP contribution in [-0.4, -0.2) is 86.4 Å². The summed E-state index contributed by atoms with van der Waals surface area (Å²) in [5.41, 5.74) is 6.21. The number of rotatable bonds is 13. The second kappa shape index (κ2) is 12.8. The summed E-state index contributed by atoms with van der Waals surface area (Å²) in [5.74, 6) is 1.51. The topological polar surface area (TPSA) is 48.1 Å². The predicted octanol–water partition coefficient (Wildman–Crippen LogP) is 3.32. The molecule has 1 unspecified atom stereocenters. The van der Waals surface area contributed by atoms with Crippen molar-refractivity contribution in [1.29, 1.82) is 0 Å². The van der Waals surface area contributed by atoms with E-state index in [1.165, 1.54) is 78.2 Å². The summed E-state index contributed by atoms with van der Waals surface area (Å²) in [6.07, 6.45) is 10.9. The maximum Gasteiger partial charge on any atom is 0.0230 e. The van der Waals surface area contributed by atoms with Crippen LogP contribution in [0, 0.1) is 17.3 Å². The Morgan fingerprint density at radius 1 is 0.966 bits per heavy atom. The van der Waals surface area contributed by atoms with Crippen molar-refractivity contribution in [3.8, 4) is 0 Å². The Hall–Kier alpha value is -0.750. The molecular formula is C24H47N5. The van der Waals surface area contributed by atoms with Crippen molar-refractivity contribution >= 4 is 6.21 Å². The Morgan fingerprint density at radius 2 is 1.55 bits per heavy atom. The molecule has 0 saturated carbocycles. The lowest BCUT2D eigenvalue weighted by Gasteiger charge is -2.36. The molecule has 0 aliphatic carbocycles. The zero-order valence-corrected chi connectivity index (χ0v) is 19.7. The van der Waals surface area contributed by atoms with E-state index in [9.17, 15) is 0 Å². The van der Waals surface area contributed by atoms with Crippen molar-refractivity contribution in [3.63, 3.8) is 0 Å². The summed E-state index contributed by atoms with van der Waals surface area (Å²) in [6, 6.07) is 0. The highest BCUT2D eigenvalue weighted by molar-refractivity contribution is 5.61. The van der Waals surface area contributed by atoms with Crippen molar-refractivity contribution in [2.75, 3.05) is 65.4 Å². The summed E-state index contributed by atoms with van der Waals surface area (Å²) in [6.45, 7) is 21.1. The quantitative estimate of drug-likeness (QED) is 0.511. The zero-order valence-electron chi connectivity index (χ0n) is 19.7. The Balaban J connectivity index is 1.60. The molecule has 0 bridgehead atoms. The van der Waals surface area contributed by atoms with Gasteiger partial charge in [-0.15, -0.1) is 0 Å². The Kier molecular flexibility index (Phi) is 10.9. The van der Waals surface area contributed by atoms with Crippen LogP contribution >= 0.6 is 0 Å². The molecule has 2 aliphatic rings. The van der Waals surface area contributed by atoms with Crippen LogP contribution in [0.3, 0.4) is 0 Å². The molecular weight excluding hydrogens is 358 g/mol. The van der Waals surface area contributed by atoms with Gasteiger partial charge in [-0.05, 0) is 57.2 Å². The average molecular weight is 406 g/mol. The summed E-state index contributed by atoms with van der Waals surface area (Å²) in [5, 5.41) is 0. The lowest BCUT2D eigenvalue weighted by Crippen LogP contribution is -2.47. The molecule has 0 aromatic carbocycles. The molecule has 168 valence electrons. The first-order chi connectivity index (χ1) is 13.9. The van der Waals surface area contributed by atoms with Gasteiger partial charge in [0.15, 0.2) is 0 Å². The van der Waals surface area contributed by atoms with Crippen LogP contribution in [0.4, 0.5) is 0 Å². The van der Waals surface area contributed by atoms with Crippen LogP contribution in [0.25, 0.3) is 0 Å². The fourth-order valence-corrected chi connectivity index (χ4v) is 4.70. The van der Waals surface area contributed by atoms with E-state index in [4.69, 9.17) is 5.73 Å². The fourth-order valence-electron chi connectivity index (χ4n) is 4.70. The molecule has 0 amide bonds. The van der Waals surface area contributed by atoms with E-state index in [1.807, 2.05) is 12.4 Å². The van der Waals surface area contributed by atoms with Gasteiger partial charge in [0.1, 0.15) is 0 Å². The molecule has 1 saturated heterocycles. The van der Waals surface area contributed by atoms with Gasteiger partial charge in [0.25, 0.3) is 0 Å². The van der Waals surface area contributed by atoms with E-state index < -0.39 is 0 Å². The maximum atomic E-state index is 6.06. The van der Waals surface area contributed by atoms with Gasteiger partial charge in [-0.1, -0.05) is 33.8 Å². The van der Waals surface area contributed by atoms with Gasteiger partial charge in [0.05, 0.1) is 0 Å². The molecule has 2 N–H and O–H groups in total.